The van der Waals surface area contributed by atoms with Crippen molar-refractivity contribution in [3.8, 4) is 10.6 Å². The van der Waals surface area contributed by atoms with E-state index in [9.17, 15) is 0 Å². The van der Waals surface area contributed by atoms with Crippen LogP contribution in [0.1, 0.15) is 32.0 Å². The van der Waals surface area contributed by atoms with Gasteiger partial charge < -0.3 is 5.84 Å². The minimum absolute atomic E-state index is 0.0981. The summed E-state index contributed by atoms with van der Waals surface area (Å²) in [5.74, 6) is 5.12. The third-order valence-electron chi connectivity index (χ3n) is 2.65. The molecule has 2 N–H and O–H groups in total. The molecule has 0 bridgehead atoms. The molecular weight excluding hydrogens is 242 g/mol. The maximum Gasteiger partial charge on any atom is 0.123 e. The summed E-state index contributed by atoms with van der Waals surface area (Å²) in [6, 6.07) is 8.07. The summed E-state index contributed by atoms with van der Waals surface area (Å²) in [6.07, 6.45) is 1.63. The lowest BCUT2D eigenvalue weighted by atomic mass is 9.93. The van der Waals surface area contributed by atoms with E-state index in [1.807, 2.05) is 24.3 Å². The standard InChI is InChI=1S/C14H17N3S/c1-14(2,3)12-9-18-13(17-12)11-6-4-10(5-7-11)8-16-15/h4-9H,15H2,1-3H3. The quantitative estimate of drug-likeness (QED) is 0.510. The minimum atomic E-state index is 0.0981. The van der Waals surface area contributed by atoms with Crippen LogP contribution in [0.2, 0.25) is 0 Å². The van der Waals surface area contributed by atoms with Gasteiger partial charge in [-0.15, -0.1) is 11.3 Å². The first kappa shape index (κ1) is 12.8. The molecule has 94 valence electrons. The van der Waals surface area contributed by atoms with E-state index in [1.54, 1.807) is 17.6 Å². The maximum absolute atomic E-state index is 5.12. The van der Waals surface area contributed by atoms with Crippen LogP contribution in [0.3, 0.4) is 0 Å². The van der Waals surface area contributed by atoms with E-state index < -0.39 is 0 Å². The first-order valence-corrected chi connectivity index (χ1v) is 6.68. The fraction of sp³-hybridized carbons (Fsp3) is 0.286. The topological polar surface area (TPSA) is 51.3 Å². The molecule has 18 heavy (non-hydrogen) atoms. The van der Waals surface area contributed by atoms with Crippen LogP contribution in [-0.4, -0.2) is 11.2 Å². The normalized spacial score (nSPS) is 12.2. The molecule has 2 aromatic rings. The molecule has 0 aliphatic heterocycles. The van der Waals surface area contributed by atoms with E-state index in [0.29, 0.717) is 0 Å². The van der Waals surface area contributed by atoms with Gasteiger partial charge in [-0.25, -0.2) is 4.98 Å². The fourth-order valence-electron chi connectivity index (χ4n) is 1.55. The summed E-state index contributed by atoms with van der Waals surface area (Å²) < 4.78 is 0. The van der Waals surface area contributed by atoms with Crippen LogP contribution in [-0.2, 0) is 5.41 Å². The molecule has 0 unspecified atom stereocenters. The van der Waals surface area contributed by atoms with Crippen LogP contribution < -0.4 is 5.84 Å². The number of hydrogen-bond acceptors (Lipinski definition) is 4. The van der Waals surface area contributed by atoms with Gasteiger partial charge >= 0.3 is 0 Å². The van der Waals surface area contributed by atoms with Gasteiger partial charge in [0.25, 0.3) is 0 Å². The smallest absolute Gasteiger partial charge is 0.123 e. The van der Waals surface area contributed by atoms with Crippen molar-refractivity contribution in [1.82, 2.24) is 4.98 Å². The predicted molar refractivity (Wildman–Crippen MR) is 78.0 cm³/mol. The monoisotopic (exact) mass is 259 g/mol. The molecule has 0 aliphatic carbocycles. The number of thiazole rings is 1. The van der Waals surface area contributed by atoms with Crippen LogP contribution in [0.15, 0.2) is 34.7 Å². The number of hydrogen-bond donors (Lipinski definition) is 1. The molecule has 0 aliphatic rings. The zero-order valence-electron chi connectivity index (χ0n) is 10.8. The van der Waals surface area contributed by atoms with Gasteiger partial charge in [-0.3, -0.25) is 0 Å². The average molecular weight is 259 g/mol. The first-order chi connectivity index (χ1) is 8.50. The highest BCUT2D eigenvalue weighted by Crippen LogP contribution is 2.29. The van der Waals surface area contributed by atoms with Crippen LogP contribution in [0.4, 0.5) is 0 Å². The molecule has 0 atom stereocenters. The Bertz CT molecular complexity index is 547. The van der Waals surface area contributed by atoms with Gasteiger partial charge in [0.2, 0.25) is 0 Å². The number of rotatable bonds is 2. The van der Waals surface area contributed by atoms with Crippen molar-refractivity contribution in [3.63, 3.8) is 0 Å². The Labute approximate surface area is 111 Å². The first-order valence-electron chi connectivity index (χ1n) is 5.80. The Morgan fingerprint density at radius 3 is 2.39 bits per heavy atom. The fourth-order valence-corrected chi connectivity index (χ4v) is 2.60. The Morgan fingerprint density at radius 1 is 1.22 bits per heavy atom. The van der Waals surface area contributed by atoms with E-state index in [4.69, 9.17) is 5.84 Å². The molecule has 2 rings (SSSR count). The molecule has 0 radical (unpaired) electrons. The summed E-state index contributed by atoms with van der Waals surface area (Å²) in [4.78, 5) is 4.69. The summed E-state index contributed by atoms with van der Waals surface area (Å²) in [7, 11) is 0. The second kappa shape index (κ2) is 4.90. The number of nitrogens with zero attached hydrogens (tertiary/aromatic N) is 2. The lowest BCUT2D eigenvalue weighted by Gasteiger charge is -2.14. The Morgan fingerprint density at radius 2 is 1.89 bits per heavy atom. The molecule has 1 aromatic carbocycles. The van der Waals surface area contributed by atoms with Crippen molar-refractivity contribution in [2.24, 2.45) is 10.9 Å². The van der Waals surface area contributed by atoms with Gasteiger partial charge in [-0.1, -0.05) is 45.0 Å². The Balaban J connectivity index is 2.29. The van der Waals surface area contributed by atoms with Crippen molar-refractivity contribution in [2.45, 2.75) is 26.2 Å². The summed E-state index contributed by atoms with van der Waals surface area (Å²) in [6.45, 7) is 6.52. The molecule has 1 heterocycles. The second-order valence-electron chi connectivity index (χ2n) is 5.19. The van der Waals surface area contributed by atoms with Crippen LogP contribution in [0.5, 0.6) is 0 Å². The van der Waals surface area contributed by atoms with Gasteiger partial charge in [-0.2, -0.15) is 5.10 Å². The Kier molecular flexibility index (Phi) is 3.48. The molecule has 0 saturated carbocycles. The number of nitrogens with two attached hydrogens (primary N) is 1. The largest absolute Gasteiger partial charge is 0.323 e. The van der Waals surface area contributed by atoms with E-state index in [2.05, 4.69) is 36.2 Å². The van der Waals surface area contributed by atoms with Crippen LogP contribution in [0.25, 0.3) is 10.6 Å². The molecule has 1 aromatic heterocycles. The molecule has 0 fully saturated rings. The van der Waals surface area contributed by atoms with E-state index >= 15 is 0 Å². The molecule has 0 saturated heterocycles. The molecule has 3 nitrogen and oxygen atoms in total. The van der Waals surface area contributed by atoms with Gasteiger partial charge in [-0.05, 0) is 5.56 Å². The lowest BCUT2D eigenvalue weighted by Crippen LogP contribution is -2.11. The highest BCUT2D eigenvalue weighted by Gasteiger charge is 2.17. The van der Waals surface area contributed by atoms with E-state index in [1.165, 1.54) is 0 Å². The van der Waals surface area contributed by atoms with Crippen LogP contribution >= 0.6 is 11.3 Å². The zero-order valence-corrected chi connectivity index (χ0v) is 11.7. The second-order valence-corrected chi connectivity index (χ2v) is 6.05. The SMILES string of the molecule is CC(C)(C)c1csc(-c2ccc(C=NN)cc2)n1. The summed E-state index contributed by atoms with van der Waals surface area (Å²) >= 11 is 1.68. The van der Waals surface area contributed by atoms with E-state index in [-0.39, 0.29) is 5.41 Å². The highest BCUT2D eigenvalue weighted by atomic mass is 32.1. The van der Waals surface area contributed by atoms with Crippen molar-refractivity contribution in [1.29, 1.82) is 0 Å². The molecular formula is C14H17N3S. The summed E-state index contributed by atoms with van der Waals surface area (Å²) in [5.41, 5.74) is 3.36. The average Bonchev–Trinajstić information content (AvgIpc) is 2.79. The maximum atomic E-state index is 5.12. The third kappa shape index (κ3) is 2.76. The lowest BCUT2D eigenvalue weighted by molar-refractivity contribution is 0.573. The van der Waals surface area contributed by atoms with Gasteiger partial charge in [0, 0.05) is 16.4 Å². The van der Waals surface area contributed by atoms with Crippen molar-refractivity contribution >= 4 is 17.6 Å². The van der Waals surface area contributed by atoms with Crippen molar-refractivity contribution in [3.05, 3.63) is 40.9 Å². The number of benzene rings is 1. The zero-order chi connectivity index (χ0) is 13.2. The number of hydrazone groups is 1. The third-order valence-corrected chi connectivity index (χ3v) is 3.55. The van der Waals surface area contributed by atoms with Crippen LogP contribution in [0, 0.1) is 0 Å². The molecule has 0 amide bonds. The van der Waals surface area contributed by atoms with Crippen molar-refractivity contribution in [2.75, 3.05) is 0 Å². The highest BCUT2D eigenvalue weighted by molar-refractivity contribution is 7.13. The molecule has 4 heteroatoms. The predicted octanol–water partition coefficient (Wildman–Crippen LogP) is 3.40. The summed E-state index contributed by atoms with van der Waals surface area (Å²) in [5, 5.41) is 6.69. The minimum Gasteiger partial charge on any atom is -0.323 e. The van der Waals surface area contributed by atoms with Gasteiger partial charge in [0.1, 0.15) is 5.01 Å². The Hall–Kier alpha value is -1.68. The van der Waals surface area contributed by atoms with Crippen molar-refractivity contribution < 1.29 is 0 Å². The van der Waals surface area contributed by atoms with Gasteiger partial charge in [0.15, 0.2) is 0 Å². The number of aromatic nitrogens is 1. The van der Waals surface area contributed by atoms with E-state index in [0.717, 1.165) is 21.8 Å². The van der Waals surface area contributed by atoms with Gasteiger partial charge in [0.05, 0.1) is 11.9 Å². The molecule has 0 spiro atoms.